The Labute approximate surface area is 309 Å². The summed E-state index contributed by atoms with van der Waals surface area (Å²) in [5, 5.41) is 41.5. The number of piperazine rings is 1. The number of thioether (sulfide) groups is 1. The van der Waals surface area contributed by atoms with Crippen LogP contribution in [0.3, 0.4) is 0 Å². The second kappa shape index (κ2) is 12.3. The van der Waals surface area contributed by atoms with Crippen LogP contribution < -0.4 is 34.3 Å². The van der Waals surface area contributed by atoms with E-state index < -0.39 is 53.1 Å². The lowest BCUT2D eigenvalue weighted by Crippen LogP contribution is -2.69. The van der Waals surface area contributed by atoms with Gasteiger partial charge in [-0.2, -0.15) is 0 Å². The molecule has 3 aromatic rings. The molecule has 7 atom stereocenters. The highest BCUT2D eigenvalue weighted by molar-refractivity contribution is 7.99. The largest absolute Gasteiger partial charge is 0.504 e. The number of phenolic OH excluding ortho intramolecular Hbond substituents is 2. The van der Waals surface area contributed by atoms with Gasteiger partial charge in [-0.15, -0.1) is 11.8 Å². The molecule has 1 spiro atoms. The topological polar surface area (TPSA) is 178 Å². The highest BCUT2D eigenvalue weighted by Crippen LogP contribution is 2.63. The van der Waals surface area contributed by atoms with Crippen molar-refractivity contribution in [1.82, 2.24) is 15.5 Å². The number of ether oxygens (including phenoxy) is 6. The molecule has 0 saturated carbocycles. The molecule has 280 valence electrons. The molecule has 0 aliphatic carbocycles. The maximum Gasteiger partial charge on any atom is 0.331 e. The van der Waals surface area contributed by atoms with Gasteiger partial charge >= 0.3 is 11.9 Å². The molecular weight excluding hydrogens is 706 g/mol. The van der Waals surface area contributed by atoms with E-state index in [0.717, 1.165) is 16.7 Å². The predicted octanol–water partition coefficient (Wildman–Crippen LogP) is 3.07. The first-order valence-electron chi connectivity index (χ1n) is 17.7. The van der Waals surface area contributed by atoms with Crippen LogP contribution in [0.2, 0.25) is 0 Å². The van der Waals surface area contributed by atoms with E-state index in [1.54, 1.807) is 12.1 Å². The SMILES string of the molecule is COc1cc2c(cc1O)CCN[C@@]21CS[C@@H]2c3c(OC(C)=O)c(C)c4c(c3C(COC1=O)N1C2C2NC(Cc3cc(C)c(OC)c(O)c32)[C@@H]1O)OCO4. The number of aryl methyl sites for hydroxylation is 1. The molecule has 0 aromatic heterocycles. The van der Waals surface area contributed by atoms with E-state index in [9.17, 15) is 24.9 Å². The zero-order valence-corrected chi connectivity index (χ0v) is 30.7. The summed E-state index contributed by atoms with van der Waals surface area (Å²) in [5.41, 5.74) is 4.27. The summed E-state index contributed by atoms with van der Waals surface area (Å²) in [5.74, 6) is 0.890. The molecule has 2 fully saturated rings. The van der Waals surface area contributed by atoms with Crippen LogP contribution in [0.15, 0.2) is 18.2 Å². The first-order valence-corrected chi connectivity index (χ1v) is 18.7. The molecule has 10 rings (SSSR count). The predicted molar refractivity (Wildman–Crippen MR) is 190 cm³/mol. The molecule has 4 bridgehead atoms. The van der Waals surface area contributed by atoms with E-state index >= 15 is 0 Å². The van der Waals surface area contributed by atoms with Crippen LogP contribution in [-0.2, 0) is 32.7 Å². The molecule has 2 saturated heterocycles. The summed E-state index contributed by atoms with van der Waals surface area (Å²) < 4.78 is 35.8. The number of phenols is 2. The smallest absolute Gasteiger partial charge is 0.331 e. The van der Waals surface area contributed by atoms with Crippen molar-refractivity contribution in [3.63, 3.8) is 0 Å². The zero-order valence-electron chi connectivity index (χ0n) is 29.9. The number of rotatable bonds is 3. The molecule has 3 aromatic carbocycles. The number of nitrogens with zero attached hydrogens (tertiary/aromatic N) is 1. The summed E-state index contributed by atoms with van der Waals surface area (Å²) >= 11 is 1.45. The summed E-state index contributed by atoms with van der Waals surface area (Å²) in [6.07, 6.45) is -0.0673. The quantitative estimate of drug-likeness (QED) is 0.195. The van der Waals surface area contributed by atoms with E-state index in [-0.39, 0.29) is 36.4 Å². The van der Waals surface area contributed by atoms with E-state index in [1.807, 2.05) is 24.8 Å². The fraction of sp³-hybridized carbons (Fsp3) is 0.474. The third kappa shape index (κ3) is 4.80. The summed E-state index contributed by atoms with van der Waals surface area (Å²) in [7, 11) is 2.98. The molecule has 0 radical (unpaired) electrons. The van der Waals surface area contributed by atoms with Crippen LogP contribution in [0.1, 0.15) is 68.8 Å². The van der Waals surface area contributed by atoms with Crippen LogP contribution in [-0.4, -0.2) is 90.4 Å². The monoisotopic (exact) mass is 747 g/mol. The van der Waals surface area contributed by atoms with Crippen LogP contribution >= 0.6 is 11.8 Å². The number of hydrogen-bond acceptors (Lipinski definition) is 15. The molecule has 7 aliphatic rings. The van der Waals surface area contributed by atoms with Crippen LogP contribution in [0.5, 0.6) is 40.2 Å². The fourth-order valence-corrected chi connectivity index (χ4v) is 11.3. The Morgan fingerprint density at radius 3 is 2.57 bits per heavy atom. The van der Waals surface area contributed by atoms with Crippen molar-refractivity contribution in [2.24, 2.45) is 0 Å². The maximum absolute atomic E-state index is 14.6. The van der Waals surface area contributed by atoms with Gasteiger partial charge in [0.2, 0.25) is 6.79 Å². The summed E-state index contributed by atoms with van der Waals surface area (Å²) in [6.45, 7) is 5.23. The van der Waals surface area contributed by atoms with E-state index in [1.165, 1.54) is 32.9 Å². The highest BCUT2D eigenvalue weighted by Gasteiger charge is 2.60. The van der Waals surface area contributed by atoms with Gasteiger partial charge in [0.1, 0.15) is 18.6 Å². The summed E-state index contributed by atoms with van der Waals surface area (Å²) in [6, 6.07) is 2.99. The van der Waals surface area contributed by atoms with E-state index in [0.29, 0.717) is 70.2 Å². The molecule has 7 aliphatic heterocycles. The van der Waals surface area contributed by atoms with Gasteiger partial charge < -0.3 is 49.1 Å². The van der Waals surface area contributed by atoms with Gasteiger partial charge in [0.05, 0.1) is 37.6 Å². The number of benzene rings is 3. The lowest BCUT2D eigenvalue weighted by molar-refractivity contribution is -0.164. The van der Waals surface area contributed by atoms with Gasteiger partial charge in [0.25, 0.3) is 0 Å². The molecule has 53 heavy (non-hydrogen) atoms. The normalized spacial score (nSPS) is 29.4. The van der Waals surface area contributed by atoms with Crippen molar-refractivity contribution >= 4 is 23.7 Å². The van der Waals surface area contributed by atoms with E-state index in [4.69, 9.17) is 28.4 Å². The zero-order chi connectivity index (χ0) is 37.1. The van der Waals surface area contributed by atoms with Crippen molar-refractivity contribution in [3.8, 4) is 40.2 Å². The highest BCUT2D eigenvalue weighted by atomic mass is 32.2. The molecule has 15 heteroatoms. The Morgan fingerprint density at radius 2 is 1.81 bits per heavy atom. The average molecular weight is 748 g/mol. The van der Waals surface area contributed by atoms with Crippen molar-refractivity contribution < 1.29 is 53.3 Å². The van der Waals surface area contributed by atoms with Crippen LogP contribution in [0.4, 0.5) is 0 Å². The summed E-state index contributed by atoms with van der Waals surface area (Å²) in [4.78, 5) is 29.4. The van der Waals surface area contributed by atoms with Gasteiger partial charge in [-0.25, -0.2) is 4.79 Å². The lowest BCUT2D eigenvalue weighted by Gasteiger charge is -2.59. The number of fused-ring (bicyclic) bond motifs is 9. The Bertz CT molecular complexity index is 2090. The minimum Gasteiger partial charge on any atom is -0.504 e. The lowest BCUT2D eigenvalue weighted by atomic mass is 9.74. The standard InChI is InChI=1S/C38H41N3O11S/c1-15-8-19-9-21-36(45)41-22-12-49-37(46)38(20-11-24(47-4)23(43)10-18(20)6-7-39-38)13-53-35(29(41)28(40-21)25(19)30(44)31(15)48-5)27-26(22)34-33(50-14-51-34)16(2)32(27)52-17(3)42/h8,10-11,21-22,28-29,35-36,39-40,43-45H,6-7,9,12-14H2,1-5H3/t21?,22?,28?,29?,35-,36+,38+/m1/s1. The first kappa shape index (κ1) is 34.4. The Morgan fingerprint density at radius 1 is 1.02 bits per heavy atom. The van der Waals surface area contributed by atoms with Crippen molar-refractivity contribution in [2.75, 3.05) is 39.9 Å². The van der Waals surface area contributed by atoms with Gasteiger partial charge in [0, 0.05) is 47.5 Å². The molecule has 0 amide bonds. The van der Waals surface area contributed by atoms with Gasteiger partial charge in [-0.05, 0) is 61.1 Å². The molecular formula is C38H41N3O11S. The fourth-order valence-electron chi connectivity index (χ4n) is 9.60. The number of aliphatic hydroxyl groups is 1. The van der Waals surface area contributed by atoms with Crippen molar-refractivity contribution in [2.45, 2.75) is 74.8 Å². The van der Waals surface area contributed by atoms with Gasteiger partial charge in [0.15, 0.2) is 40.0 Å². The number of esters is 2. The third-order valence-corrected chi connectivity index (χ3v) is 13.2. The number of carbonyl (C=O) groups excluding carboxylic acids is 2. The van der Waals surface area contributed by atoms with Crippen LogP contribution in [0.25, 0.3) is 0 Å². The Kier molecular flexibility index (Phi) is 7.98. The van der Waals surface area contributed by atoms with Crippen molar-refractivity contribution in [1.29, 1.82) is 0 Å². The second-order valence-corrected chi connectivity index (χ2v) is 15.6. The number of hydrogen-bond donors (Lipinski definition) is 5. The Hall–Kier alpha value is -4.41. The van der Waals surface area contributed by atoms with E-state index in [2.05, 4.69) is 10.6 Å². The number of methoxy groups -OCH3 is 2. The number of aromatic hydroxyl groups is 2. The van der Waals surface area contributed by atoms with Crippen molar-refractivity contribution in [3.05, 3.63) is 62.7 Å². The number of nitrogens with one attached hydrogen (secondary N) is 2. The molecule has 5 N–H and O–H groups in total. The minimum absolute atomic E-state index is 0.0210. The minimum atomic E-state index is -1.36. The molecule has 7 heterocycles. The Balaban J connectivity index is 1.31. The van der Waals surface area contributed by atoms with Crippen LogP contribution in [0, 0.1) is 13.8 Å². The number of aliphatic hydroxyl groups excluding tert-OH is 1. The molecule has 14 nitrogen and oxygen atoms in total. The maximum atomic E-state index is 14.6. The first-order chi connectivity index (χ1) is 25.5. The second-order valence-electron chi connectivity index (χ2n) is 14.5. The third-order valence-electron chi connectivity index (χ3n) is 11.8. The van der Waals surface area contributed by atoms with Gasteiger partial charge in [-0.3, -0.25) is 15.0 Å². The number of carbonyl (C=O) groups is 2. The average Bonchev–Trinajstić information content (AvgIpc) is 3.63. The molecule has 4 unspecified atom stereocenters. The van der Waals surface area contributed by atoms with Gasteiger partial charge in [-0.1, -0.05) is 6.07 Å².